The van der Waals surface area contributed by atoms with Crippen molar-refractivity contribution in [2.45, 2.75) is 55.9 Å². The highest BCUT2D eigenvalue weighted by molar-refractivity contribution is 14.1. The van der Waals surface area contributed by atoms with Crippen LogP contribution in [0.5, 0.6) is 0 Å². The van der Waals surface area contributed by atoms with Crippen molar-refractivity contribution in [3.8, 4) is 0 Å². The van der Waals surface area contributed by atoms with E-state index in [-0.39, 0.29) is 39.3 Å². The highest BCUT2D eigenvalue weighted by atomic mass is 127. The molecule has 4 aliphatic rings. The summed E-state index contributed by atoms with van der Waals surface area (Å²) >= 11 is 2.22. The van der Waals surface area contributed by atoms with Gasteiger partial charge in [-0.3, -0.25) is 19.2 Å². The zero-order valence-corrected chi connectivity index (χ0v) is 24.6. The van der Waals surface area contributed by atoms with E-state index in [4.69, 9.17) is 19.0 Å². The maximum absolute atomic E-state index is 14.8. The van der Waals surface area contributed by atoms with Crippen LogP contribution >= 0.6 is 22.6 Å². The fraction of sp³-hybridized carbons (Fsp3) is 0.483. The molecule has 6 rings (SSSR count). The predicted octanol–water partition coefficient (Wildman–Crippen LogP) is 1.01. The quantitative estimate of drug-likeness (QED) is 0.296. The van der Waals surface area contributed by atoms with E-state index in [1.165, 1.54) is 4.90 Å². The summed E-state index contributed by atoms with van der Waals surface area (Å²) in [7, 11) is 1.58. The number of aliphatic hydroxyl groups excluding tert-OH is 1. The predicted molar refractivity (Wildman–Crippen MR) is 152 cm³/mol. The van der Waals surface area contributed by atoms with Gasteiger partial charge in [0.2, 0.25) is 11.8 Å². The van der Waals surface area contributed by atoms with Gasteiger partial charge in [0, 0.05) is 30.0 Å². The number of benzene rings is 2. The van der Waals surface area contributed by atoms with Crippen molar-refractivity contribution in [3.63, 3.8) is 0 Å². The van der Waals surface area contributed by atoms with Crippen LogP contribution in [0.4, 0.5) is 0 Å². The van der Waals surface area contributed by atoms with Crippen molar-refractivity contribution < 1.29 is 38.5 Å². The number of carbonyl (C=O) groups excluding carboxylic acids is 3. The lowest BCUT2D eigenvalue weighted by Crippen LogP contribution is -2.70. The van der Waals surface area contributed by atoms with Gasteiger partial charge in [-0.15, -0.1) is 0 Å². The fourth-order valence-electron chi connectivity index (χ4n) is 6.64. The van der Waals surface area contributed by atoms with Crippen molar-refractivity contribution in [2.75, 3.05) is 27.0 Å². The Hall–Kier alpha value is -2.62. The Morgan fingerprint density at radius 1 is 1.15 bits per heavy atom. The number of hydrogen-bond donors (Lipinski definition) is 2. The van der Waals surface area contributed by atoms with Crippen LogP contribution in [-0.4, -0.2) is 96.3 Å². The maximum atomic E-state index is 14.8. The minimum absolute atomic E-state index is 0.00506. The highest BCUT2D eigenvalue weighted by Crippen LogP contribution is 2.56. The Morgan fingerprint density at radius 3 is 2.66 bits per heavy atom. The van der Waals surface area contributed by atoms with E-state index in [0.29, 0.717) is 0 Å². The lowest BCUT2D eigenvalue weighted by atomic mass is 9.62. The second-order valence-corrected chi connectivity index (χ2v) is 12.1. The van der Waals surface area contributed by atoms with Gasteiger partial charge in [0.25, 0.3) is 0 Å². The Bertz CT molecular complexity index is 1310. The number of fused-ring (bicyclic) bond motifs is 4. The molecule has 2 bridgehead atoms. The fourth-order valence-corrected chi connectivity index (χ4v) is 7.25. The summed E-state index contributed by atoms with van der Waals surface area (Å²) < 4.78 is 18.6. The summed E-state index contributed by atoms with van der Waals surface area (Å²) in [5.74, 6) is -1.36. The summed E-state index contributed by atoms with van der Waals surface area (Å²) in [6.45, 7) is 0.0770. The number of carbonyl (C=O) groups is 3. The van der Waals surface area contributed by atoms with Crippen LogP contribution in [-0.2, 0) is 46.4 Å². The first-order valence-corrected chi connectivity index (χ1v) is 14.7. The van der Waals surface area contributed by atoms with E-state index in [9.17, 15) is 19.5 Å². The Kier molecular flexibility index (Phi) is 8.04. The number of likely N-dealkylation sites (N-methyl/N-ethyl adjacent to an activating group) is 1. The molecule has 0 radical (unpaired) electrons. The number of nitrogens with one attached hydrogen (secondary N) is 1. The average Bonchev–Trinajstić information content (AvgIpc) is 3.59. The van der Waals surface area contributed by atoms with E-state index in [1.807, 2.05) is 54.6 Å². The number of hydroxylamine groups is 2. The molecule has 12 heteroatoms. The third-order valence-electron chi connectivity index (χ3n) is 8.47. The molecule has 218 valence electrons. The van der Waals surface area contributed by atoms with E-state index >= 15 is 0 Å². The molecule has 3 aliphatic heterocycles. The number of amides is 2. The van der Waals surface area contributed by atoms with Gasteiger partial charge in [0.1, 0.15) is 42.7 Å². The molecule has 0 spiro atoms. The lowest BCUT2D eigenvalue weighted by molar-refractivity contribution is -0.204. The highest BCUT2D eigenvalue weighted by Gasteiger charge is 2.75. The van der Waals surface area contributed by atoms with Crippen molar-refractivity contribution in [1.82, 2.24) is 15.3 Å². The molecule has 2 aromatic rings. The molecule has 2 amide bonds. The minimum atomic E-state index is -1.36. The molecule has 11 nitrogen and oxygen atoms in total. The summed E-state index contributed by atoms with van der Waals surface area (Å²) in [5, 5.41) is 13.6. The van der Waals surface area contributed by atoms with Gasteiger partial charge < -0.3 is 29.5 Å². The van der Waals surface area contributed by atoms with Crippen molar-refractivity contribution >= 4 is 40.4 Å². The largest absolute Gasteiger partial charge is 0.458 e. The number of hydrogen-bond acceptors (Lipinski definition) is 9. The summed E-state index contributed by atoms with van der Waals surface area (Å²) in [5.41, 5.74) is 0.412. The third-order valence-corrected chi connectivity index (χ3v) is 9.14. The summed E-state index contributed by atoms with van der Waals surface area (Å²) in [6.07, 6.45) is -2.25. The van der Waals surface area contributed by atoms with Gasteiger partial charge in [-0.2, -0.15) is 5.06 Å². The Morgan fingerprint density at radius 2 is 1.90 bits per heavy atom. The number of aliphatic hydroxyl groups is 1. The molecule has 0 unspecified atom stereocenters. The average molecular weight is 677 g/mol. The number of ether oxygens (including phenoxy) is 3. The van der Waals surface area contributed by atoms with Gasteiger partial charge in [0.15, 0.2) is 6.04 Å². The van der Waals surface area contributed by atoms with E-state index in [0.717, 1.165) is 14.7 Å². The summed E-state index contributed by atoms with van der Waals surface area (Å²) in [4.78, 5) is 49.7. The van der Waals surface area contributed by atoms with E-state index in [2.05, 4.69) is 27.9 Å². The van der Waals surface area contributed by atoms with Crippen molar-refractivity contribution in [2.24, 2.45) is 5.41 Å². The van der Waals surface area contributed by atoms with E-state index in [1.54, 1.807) is 12.1 Å². The molecule has 1 aliphatic carbocycles. The van der Waals surface area contributed by atoms with Gasteiger partial charge in [-0.25, -0.2) is 0 Å². The zero-order valence-electron chi connectivity index (χ0n) is 22.5. The monoisotopic (exact) mass is 677 g/mol. The van der Waals surface area contributed by atoms with Crippen molar-refractivity contribution in [3.05, 3.63) is 69.3 Å². The van der Waals surface area contributed by atoms with Crippen LogP contribution in [0.1, 0.15) is 17.5 Å². The lowest BCUT2D eigenvalue weighted by Gasteiger charge is -2.50. The van der Waals surface area contributed by atoms with Crippen LogP contribution < -0.4 is 5.32 Å². The van der Waals surface area contributed by atoms with Gasteiger partial charge >= 0.3 is 5.97 Å². The van der Waals surface area contributed by atoms with Gasteiger partial charge in [-0.05, 0) is 45.9 Å². The van der Waals surface area contributed by atoms with Crippen molar-refractivity contribution in [1.29, 1.82) is 0 Å². The standard InChI is InChI=1S/C29H32IN3O8/c1-32(20(26(35)31-10-11-34)13-17-6-3-2-4-7-17)28(37)29-14-21-22-23(39-16-38-22)25(29)41-33(24(29)27(36)40-21)15-18-8-5-9-19(30)12-18/h2-9,12,20-25,34H,10-11,13-16H2,1H3,(H,31,35)/t20-,21-,22+,23+,24+,25-,29+/m1/s1. The first-order valence-electron chi connectivity index (χ1n) is 13.6. The molecule has 3 saturated heterocycles. The molecule has 41 heavy (non-hydrogen) atoms. The van der Waals surface area contributed by atoms with Crippen LogP contribution in [0.25, 0.3) is 0 Å². The SMILES string of the molecule is CN(C(=O)[C@@]12C[C@H]3OC(=O)[C@@H]1N(Cc1cccc(I)c1)O[C@@H]2[C@H]1OCO[C@H]13)[C@H](Cc1ccccc1)C(=O)NCCO. The molecule has 4 fully saturated rings. The summed E-state index contributed by atoms with van der Waals surface area (Å²) in [6, 6.07) is 15.3. The van der Waals surface area contributed by atoms with Crippen LogP contribution in [0.3, 0.4) is 0 Å². The van der Waals surface area contributed by atoms with E-state index < -0.39 is 59.7 Å². The Balaban J connectivity index is 1.38. The molecular weight excluding hydrogens is 645 g/mol. The van der Waals surface area contributed by atoms with Crippen LogP contribution in [0.15, 0.2) is 54.6 Å². The first-order chi connectivity index (χ1) is 19.8. The molecule has 2 N–H and O–H groups in total. The molecule has 1 saturated carbocycles. The normalized spacial score (nSPS) is 30.8. The zero-order chi connectivity index (χ0) is 28.7. The molecule has 7 atom stereocenters. The maximum Gasteiger partial charge on any atom is 0.327 e. The third kappa shape index (κ3) is 5.04. The molecule has 2 aromatic carbocycles. The van der Waals surface area contributed by atoms with Gasteiger partial charge in [0.05, 0.1) is 13.2 Å². The minimum Gasteiger partial charge on any atom is -0.458 e. The molecule has 0 aromatic heterocycles. The molecular formula is C29H32IN3O8. The number of rotatable bonds is 9. The first kappa shape index (κ1) is 28.5. The van der Waals surface area contributed by atoms with Gasteiger partial charge in [-0.1, -0.05) is 42.5 Å². The topological polar surface area (TPSA) is 127 Å². The number of esters is 1. The number of nitrogens with zero attached hydrogens (tertiary/aromatic N) is 2. The smallest absolute Gasteiger partial charge is 0.327 e. The second-order valence-electron chi connectivity index (χ2n) is 10.9. The van der Waals surface area contributed by atoms with Crippen LogP contribution in [0, 0.1) is 8.99 Å². The Labute approximate surface area is 251 Å². The molecule has 3 heterocycles. The second kappa shape index (κ2) is 11.6. The number of halogens is 1. The van der Waals surface area contributed by atoms with Crippen LogP contribution in [0.2, 0.25) is 0 Å².